The fourth-order valence-corrected chi connectivity index (χ4v) is 5.62. The van der Waals surface area contributed by atoms with Crippen molar-refractivity contribution in [3.63, 3.8) is 0 Å². The third-order valence-electron chi connectivity index (χ3n) is 7.56. The molecule has 0 aliphatic heterocycles. The van der Waals surface area contributed by atoms with Crippen molar-refractivity contribution in [1.82, 2.24) is 0 Å². The fourth-order valence-electron chi connectivity index (χ4n) is 5.62. The van der Waals surface area contributed by atoms with Gasteiger partial charge in [0.1, 0.15) is 0 Å². The van der Waals surface area contributed by atoms with Gasteiger partial charge in [0.05, 0.1) is 6.61 Å². The minimum Gasteiger partial charge on any atom is -0.462 e. The van der Waals surface area contributed by atoms with Crippen molar-refractivity contribution in [2.45, 2.75) is 97.3 Å². The Kier molecular flexibility index (Phi) is 10.6. The zero-order valence-electron chi connectivity index (χ0n) is 18.5. The van der Waals surface area contributed by atoms with Crippen molar-refractivity contribution in [1.29, 1.82) is 0 Å². The van der Waals surface area contributed by atoms with Crippen molar-refractivity contribution >= 4 is 5.97 Å². The molecule has 0 amide bonds. The minimum atomic E-state index is -0.314. The van der Waals surface area contributed by atoms with Gasteiger partial charge in [0.15, 0.2) is 0 Å². The molecule has 0 spiro atoms. The van der Waals surface area contributed by atoms with Gasteiger partial charge in [-0.15, -0.1) is 0 Å². The van der Waals surface area contributed by atoms with Gasteiger partial charge in [-0.25, -0.2) is 4.79 Å². The van der Waals surface area contributed by atoms with Crippen LogP contribution < -0.4 is 0 Å². The standard InChI is InChI=1S/C25H44O3/c1-4-5-6-7-20-8-10-21(11-9-20)22-12-14-23(15-13-22)24(18-26)16-17-28-25(27)19(2)3/h20-24,26H,2,4-18H2,1,3H3. The first kappa shape index (κ1) is 23.4. The van der Waals surface area contributed by atoms with Gasteiger partial charge in [-0.05, 0) is 81.5 Å². The van der Waals surface area contributed by atoms with Gasteiger partial charge >= 0.3 is 5.97 Å². The van der Waals surface area contributed by atoms with Crippen LogP contribution >= 0.6 is 0 Å². The summed E-state index contributed by atoms with van der Waals surface area (Å²) in [6, 6.07) is 0. The second kappa shape index (κ2) is 12.7. The topological polar surface area (TPSA) is 46.5 Å². The number of aliphatic hydroxyl groups excluding tert-OH is 1. The number of unbranched alkanes of at least 4 members (excludes halogenated alkanes) is 2. The largest absolute Gasteiger partial charge is 0.462 e. The van der Waals surface area contributed by atoms with E-state index in [-0.39, 0.29) is 18.5 Å². The summed E-state index contributed by atoms with van der Waals surface area (Å²) in [7, 11) is 0. The second-order valence-corrected chi connectivity index (χ2v) is 9.60. The summed E-state index contributed by atoms with van der Waals surface area (Å²) >= 11 is 0. The van der Waals surface area contributed by atoms with Crippen molar-refractivity contribution in [2.24, 2.45) is 29.6 Å². The van der Waals surface area contributed by atoms with Gasteiger partial charge in [0, 0.05) is 12.2 Å². The third kappa shape index (κ3) is 7.54. The Balaban J connectivity index is 1.66. The minimum absolute atomic E-state index is 0.211. The number of carbonyl (C=O) groups is 1. The van der Waals surface area contributed by atoms with Gasteiger partial charge in [0.2, 0.25) is 0 Å². The quantitative estimate of drug-likeness (QED) is 0.255. The lowest BCUT2D eigenvalue weighted by molar-refractivity contribution is -0.139. The van der Waals surface area contributed by atoms with Crippen LogP contribution in [0.25, 0.3) is 0 Å². The molecule has 1 N–H and O–H groups in total. The number of rotatable bonds is 11. The summed E-state index contributed by atoms with van der Waals surface area (Å²) in [4.78, 5) is 11.5. The zero-order chi connectivity index (χ0) is 20.4. The van der Waals surface area contributed by atoms with Crippen LogP contribution in [0, 0.1) is 29.6 Å². The maximum atomic E-state index is 11.5. The number of hydrogen-bond acceptors (Lipinski definition) is 3. The van der Waals surface area contributed by atoms with Crippen LogP contribution in [0.1, 0.15) is 97.3 Å². The number of esters is 1. The van der Waals surface area contributed by atoms with Crippen LogP contribution in [0.3, 0.4) is 0 Å². The highest BCUT2D eigenvalue weighted by Gasteiger charge is 2.33. The maximum absolute atomic E-state index is 11.5. The van der Waals surface area contributed by atoms with Crippen LogP contribution in [0.15, 0.2) is 12.2 Å². The zero-order valence-corrected chi connectivity index (χ0v) is 18.5. The molecule has 0 aromatic heterocycles. The molecule has 1 unspecified atom stereocenters. The van der Waals surface area contributed by atoms with Gasteiger partial charge in [-0.1, -0.05) is 52.0 Å². The Morgan fingerprint density at radius 3 is 2.18 bits per heavy atom. The smallest absolute Gasteiger partial charge is 0.333 e. The highest BCUT2D eigenvalue weighted by molar-refractivity contribution is 5.86. The normalized spacial score (nSPS) is 29.2. The Hall–Kier alpha value is -0.830. The monoisotopic (exact) mass is 392 g/mol. The van der Waals surface area contributed by atoms with Gasteiger partial charge in [0.25, 0.3) is 0 Å². The lowest BCUT2D eigenvalue weighted by atomic mass is 9.67. The molecule has 3 nitrogen and oxygen atoms in total. The van der Waals surface area contributed by atoms with Crippen molar-refractivity contribution in [3.8, 4) is 0 Å². The van der Waals surface area contributed by atoms with Crippen LogP contribution in [-0.2, 0) is 9.53 Å². The average Bonchev–Trinajstić information content (AvgIpc) is 2.72. The molecule has 2 aliphatic carbocycles. The summed E-state index contributed by atoms with van der Waals surface area (Å²) in [6.07, 6.45) is 17.4. The molecule has 28 heavy (non-hydrogen) atoms. The van der Waals surface area contributed by atoms with E-state index in [1.54, 1.807) is 6.92 Å². The van der Waals surface area contributed by atoms with E-state index in [4.69, 9.17) is 4.74 Å². The van der Waals surface area contributed by atoms with E-state index >= 15 is 0 Å². The predicted octanol–water partition coefficient (Wildman–Crippen LogP) is 6.30. The van der Waals surface area contributed by atoms with Crippen LogP contribution in [0.4, 0.5) is 0 Å². The molecule has 162 valence electrons. The second-order valence-electron chi connectivity index (χ2n) is 9.60. The maximum Gasteiger partial charge on any atom is 0.333 e. The van der Waals surface area contributed by atoms with Gasteiger partial charge < -0.3 is 9.84 Å². The van der Waals surface area contributed by atoms with Crippen molar-refractivity contribution in [3.05, 3.63) is 12.2 Å². The molecular formula is C25H44O3. The predicted molar refractivity (Wildman–Crippen MR) is 116 cm³/mol. The van der Waals surface area contributed by atoms with E-state index in [9.17, 15) is 9.90 Å². The Labute approximate surface area is 173 Å². The lowest BCUT2D eigenvalue weighted by Gasteiger charge is -2.39. The van der Waals surface area contributed by atoms with Crippen LogP contribution in [0.5, 0.6) is 0 Å². The number of aliphatic hydroxyl groups is 1. The third-order valence-corrected chi connectivity index (χ3v) is 7.56. The molecule has 0 radical (unpaired) electrons. The van der Waals surface area contributed by atoms with Crippen LogP contribution in [-0.4, -0.2) is 24.3 Å². The summed E-state index contributed by atoms with van der Waals surface area (Å²) in [5.41, 5.74) is 0.446. The molecule has 0 heterocycles. The fraction of sp³-hybridized carbons (Fsp3) is 0.880. The molecule has 2 aliphatic rings. The molecule has 3 heteroatoms. The molecule has 0 saturated heterocycles. The van der Waals surface area contributed by atoms with E-state index in [2.05, 4.69) is 13.5 Å². The van der Waals surface area contributed by atoms with E-state index in [1.807, 2.05) is 0 Å². The van der Waals surface area contributed by atoms with E-state index in [1.165, 1.54) is 77.0 Å². The highest BCUT2D eigenvalue weighted by Crippen LogP contribution is 2.44. The summed E-state index contributed by atoms with van der Waals surface area (Å²) in [5.74, 6) is 3.41. The Bertz CT molecular complexity index is 456. The number of hydrogen-bond donors (Lipinski definition) is 1. The number of carbonyl (C=O) groups excluding carboxylic acids is 1. The molecule has 1 atom stereocenters. The molecule has 2 saturated carbocycles. The van der Waals surface area contributed by atoms with E-state index < -0.39 is 0 Å². The lowest BCUT2D eigenvalue weighted by Crippen LogP contribution is -2.30. The molecule has 0 aromatic rings. The molecule has 0 aromatic carbocycles. The Morgan fingerprint density at radius 1 is 1.04 bits per heavy atom. The molecule has 0 bridgehead atoms. The van der Waals surface area contributed by atoms with Crippen molar-refractivity contribution < 1.29 is 14.6 Å². The number of ether oxygens (including phenoxy) is 1. The first-order valence-corrected chi connectivity index (χ1v) is 12.0. The average molecular weight is 393 g/mol. The van der Waals surface area contributed by atoms with Gasteiger partial charge in [-0.3, -0.25) is 0 Å². The highest BCUT2D eigenvalue weighted by atomic mass is 16.5. The first-order valence-electron chi connectivity index (χ1n) is 12.0. The SMILES string of the molecule is C=C(C)C(=O)OCCC(CO)C1CCC(C2CCC(CCCCC)CC2)CC1. The van der Waals surface area contributed by atoms with Gasteiger partial charge in [-0.2, -0.15) is 0 Å². The van der Waals surface area contributed by atoms with E-state index in [0.29, 0.717) is 18.1 Å². The van der Waals surface area contributed by atoms with Crippen molar-refractivity contribution in [2.75, 3.05) is 13.2 Å². The van der Waals surface area contributed by atoms with Crippen LogP contribution in [0.2, 0.25) is 0 Å². The molecule has 2 fully saturated rings. The molecule has 2 rings (SSSR count). The van der Waals surface area contributed by atoms with E-state index in [0.717, 1.165) is 24.2 Å². The summed E-state index contributed by atoms with van der Waals surface area (Å²) < 4.78 is 5.24. The summed E-state index contributed by atoms with van der Waals surface area (Å²) in [5, 5.41) is 9.83. The Morgan fingerprint density at radius 2 is 1.64 bits per heavy atom. The summed E-state index contributed by atoms with van der Waals surface area (Å²) in [6.45, 7) is 8.19. The first-order chi connectivity index (χ1) is 13.5. The molecular weight excluding hydrogens is 348 g/mol.